The monoisotopic (exact) mass is 447 g/mol. The van der Waals surface area contributed by atoms with E-state index in [1.54, 1.807) is 36.4 Å². The minimum absolute atomic E-state index is 0.0528. The van der Waals surface area contributed by atoms with Crippen LogP contribution in [0.2, 0.25) is 0 Å². The molecule has 3 aromatic rings. The molecule has 170 valence electrons. The van der Waals surface area contributed by atoms with Gasteiger partial charge in [0.15, 0.2) is 5.76 Å². The Bertz CT molecular complexity index is 1150. The fourth-order valence-corrected chi connectivity index (χ4v) is 3.62. The van der Waals surface area contributed by atoms with Gasteiger partial charge in [-0.15, -0.1) is 0 Å². The van der Waals surface area contributed by atoms with Gasteiger partial charge in [-0.25, -0.2) is 0 Å². The number of benzene rings is 1. The first-order valence-electron chi connectivity index (χ1n) is 10.9. The third kappa shape index (κ3) is 5.06. The maximum atomic E-state index is 12.7. The van der Waals surface area contributed by atoms with Crippen molar-refractivity contribution in [2.75, 3.05) is 28.6 Å². The van der Waals surface area contributed by atoms with Crippen molar-refractivity contribution in [1.29, 1.82) is 5.26 Å². The smallest absolute Gasteiger partial charge is 0.266 e. The molecule has 9 heteroatoms. The zero-order valence-corrected chi connectivity index (χ0v) is 18.5. The summed E-state index contributed by atoms with van der Waals surface area (Å²) in [6, 6.07) is 12.6. The van der Waals surface area contributed by atoms with Crippen LogP contribution in [0.15, 0.2) is 51.5 Å². The third-order valence-electron chi connectivity index (χ3n) is 5.54. The van der Waals surface area contributed by atoms with Gasteiger partial charge in [0.25, 0.3) is 5.89 Å². The lowest BCUT2D eigenvalue weighted by Crippen LogP contribution is -2.38. The van der Waals surface area contributed by atoms with Crippen molar-refractivity contribution in [3.05, 3.63) is 48.4 Å². The second-order valence-electron chi connectivity index (χ2n) is 8.23. The van der Waals surface area contributed by atoms with Gasteiger partial charge >= 0.3 is 0 Å². The van der Waals surface area contributed by atoms with Gasteiger partial charge in [0, 0.05) is 36.3 Å². The van der Waals surface area contributed by atoms with Crippen LogP contribution in [-0.2, 0) is 9.59 Å². The van der Waals surface area contributed by atoms with Crippen LogP contribution in [0.3, 0.4) is 0 Å². The van der Waals surface area contributed by atoms with E-state index in [9.17, 15) is 14.9 Å². The third-order valence-corrected chi connectivity index (χ3v) is 5.54. The lowest BCUT2D eigenvalue weighted by atomic mass is 9.96. The van der Waals surface area contributed by atoms with Crippen LogP contribution < -0.4 is 15.5 Å². The number of anilines is 3. The molecule has 3 heterocycles. The molecule has 2 amide bonds. The predicted molar refractivity (Wildman–Crippen MR) is 122 cm³/mol. The molecule has 0 spiro atoms. The molecule has 1 saturated heterocycles. The quantitative estimate of drug-likeness (QED) is 0.578. The molecule has 33 heavy (non-hydrogen) atoms. The number of rotatable bonds is 6. The fraction of sp³-hybridized carbons (Fsp3) is 0.333. The zero-order valence-electron chi connectivity index (χ0n) is 18.5. The minimum atomic E-state index is -0.153. The number of nitriles is 1. The molecule has 0 bridgehead atoms. The summed E-state index contributed by atoms with van der Waals surface area (Å²) in [5.74, 6) is 0.764. The van der Waals surface area contributed by atoms with Gasteiger partial charge in [-0.1, -0.05) is 13.8 Å². The highest BCUT2D eigenvalue weighted by atomic mass is 16.4. The van der Waals surface area contributed by atoms with Crippen molar-refractivity contribution in [2.45, 2.75) is 26.7 Å². The molecule has 9 nitrogen and oxygen atoms in total. The molecule has 1 aliphatic heterocycles. The molecule has 1 aromatic carbocycles. The van der Waals surface area contributed by atoms with Crippen molar-refractivity contribution in [3.8, 4) is 17.7 Å². The average Bonchev–Trinajstić information content (AvgIpc) is 3.50. The Hall–Kier alpha value is -4.06. The first kappa shape index (κ1) is 22.1. The summed E-state index contributed by atoms with van der Waals surface area (Å²) < 4.78 is 11.1. The van der Waals surface area contributed by atoms with Crippen LogP contribution in [0.5, 0.6) is 0 Å². The molecule has 0 radical (unpaired) electrons. The zero-order chi connectivity index (χ0) is 23.4. The summed E-state index contributed by atoms with van der Waals surface area (Å²) in [5.41, 5.74) is 1.57. The second kappa shape index (κ2) is 9.61. The molecule has 0 unspecified atom stereocenters. The maximum Gasteiger partial charge on any atom is 0.266 e. The van der Waals surface area contributed by atoms with Gasteiger partial charge in [-0.3, -0.25) is 9.59 Å². The van der Waals surface area contributed by atoms with Gasteiger partial charge in [-0.2, -0.15) is 10.2 Å². The fourth-order valence-electron chi connectivity index (χ4n) is 3.62. The van der Waals surface area contributed by atoms with E-state index >= 15 is 0 Å². The number of nitrogens with zero attached hydrogens (tertiary/aromatic N) is 3. The minimum Gasteiger partial charge on any atom is -0.459 e. The number of carbonyl (C=O) groups is 2. The Morgan fingerprint density at radius 2 is 1.79 bits per heavy atom. The molecule has 4 rings (SSSR count). The largest absolute Gasteiger partial charge is 0.459 e. The lowest BCUT2D eigenvalue weighted by Gasteiger charge is -2.30. The Kier molecular flexibility index (Phi) is 6.45. The number of carbonyl (C=O) groups excluding carboxylic acids is 2. The van der Waals surface area contributed by atoms with E-state index in [-0.39, 0.29) is 35.2 Å². The first-order valence-corrected chi connectivity index (χ1v) is 10.9. The van der Waals surface area contributed by atoms with Crippen molar-refractivity contribution in [3.63, 3.8) is 0 Å². The highest BCUT2D eigenvalue weighted by Crippen LogP contribution is 2.31. The van der Waals surface area contributed by atoms with E-state index in [2.05, 4.69) is 21.7 Å². The van der Waals surface area contributed by atoms with Crippen molar-refractivity contribution in [2.24, 2.45) is 11.8 Å². The van der Waals surface area contributed by atoms with E-state index in [0.29, 0.717) is 49.0 Å². The van der Waals surface area contributed by atoms with Crippen molar-refractivity contribution in [1.82, 2.24) is 4.98 Å². The summed E-state index contributed by atoms with van der Waals surface area (Å²) in [5, 5.41) is 15.2. The molecule has 1 aliphatic rings. The first-order chi connectivity index (χ1) is 15.9. The number of amides is 2. The lowest BCUT2D eigenvalue weighted by molar-refractivity contribution is -0.120. The number of aromatic nitrogens is 1. The van der Waals surface area contributed by atoms with Crippen LogP contribution in [0, 0.1) is 23.2 Å². The number of furan rings is 1. The molecular formula is C24H25N5O4. The summed E-state index contributed by atoms with van der Waals surface area (Å²) in [7, 11) is 0. The van der Waals surface area contributed by atoms with Crippen molar-refractivity contribution < 1.29 is 18.4 Å². The number of piperidine rings is 1. The SMILES string of the molecule is CC(C)C(=O)Nc1ccc(NC(=O)C2CCN(c3oc(-c4ccco4)nc3C#N)CC2)cc1. The van der Waals surface area contributed by atoms with Crippen LogP contribution in [-0.4, -0.2) is 29.9 Å². The van der Waals surface area contributed by atoms with Gasteiger partial charge in [-0.05, 0) is 49.2 Å². The number of oxazole rings is 1. The van der Waals surface area contributed by atoms with Crippen LogP contribution in [0.25, 0.3) is 11.7 Å². The van der Waals surface area contributed by atoms with E-state index in [4.69, 9.17) is 8.83 Å². The molecule has 0 atom stereocenters. The summed E-state index contributed by atoms with van der Waals surface area (Å²) >= 11 is 0. The Morgan fingerprint density at radius 1 is 1.12 bits per heavy atom. The number of hydrogen-bond acceptors (Lipinski definition) is 7. The Morgan fingerprint density at radius 3 is 2.36 bits per heavy atom. The highest BCUT2D eigenvalue weighted by molar-refractivity contribution is 5.94. The summed E-state index contributed by atoms with van der Waals surface area (Å²) in [4.78, 5) is 30.7. The normalized spacial score (nSPS) is 14.2. The van der Waals surface area contributed by atoms with Gasteiger partial charge in [0.1, 0.15) is 6.07 Å². The standard InChI is InChI=1S/C24H25N5O4/c1-15(2)21(30)26-17-5-7-18(8-6-17)27-22(31)16-9-11-29(12-10-16)24-19(14-25)28-23(33-24)20-4-3-13-32-20/h3-8,13,15-16H,9-12H2,1-2H3,(H,26,30)(H,27,31). The molecule has 0 aliphatic carbocycles. The average molecular weight is 447 g/mol. The van der Waals surface area contributed by atoms with E-state index < -0.39 is 0 Å². The molecule has 0 saturated carbocycles. The molecule has 2 N–H and O–H groups in total. The van der Waals surface area contributed by atoms with Crippen molar-refractivity contribution >= 4 is 29.1 Å². The summed E-state index contributed by atoms with van der Waals surface area (Å²) in [6.45, 7) is 4.80. The Balaban J connectivity index is 1.33. The van der Waals surface area contributed by atoms with Gasteiger partial charge in [0.05, 0.1) is 6.26 Å². The van der Waals surface area contributed by atoms with Crippen LogP contribution in [0.4, 0.5) is 17.3 Å². The number of nitrogens with one attached hydrogen (secondary N) is 2. The maximum absolute atomic E-state index is 12.7. The van der Waals surface area contributed by atoms with E-state index in [0.717, 1.165) is 0 Å². The van der Waals surface area contributed by atoms with E-state index in [1.165, 1.54) is 6.26 Å². The molecule has 1 fully saturated rings. The highest BCUT2D eigenvalue weighted by Gasteiger charge is 2.29. The van der Waals surface area contributed by atoms with Gasteiger partial charge < -0.3 is 24.4 Å². The number of hydrogen-bond donors (Lipinski definition) is 2. The second-order valence-corrected chi connectivity index (χ2v) is 8.23. The molecular weight excluding hydrogens is 422 g/mol. The van der Waals surface area contributed by atoms with E-state index in [1.807, 2.05) is 18.7 Å². The summed E-state index contributed by atoms with van der Waals surface area (Å²) in [6.07, 6.45) is 2.76. The predicted octanol–water partition coefficient (Wildman–Crippen LogP) is 4.26. The Labute approximate surface area is 191 Å². The molecule has 2 aromatic heterocycles. The van der Waals surface area contributed by atoms with Crippen LogP contribution in [0.1, 0.15) is 32.4 Å². The topological polar surface area (TPSA) is 124 Å². The van der Waals surface area contributed by atoms with Gasteiger partial charge in [0.2, 0.25) is 23.4 Å². The van der Waals surface area contributed by atoms with Crippen LogP contribution >= 0.6 is 0 Å².